The number of carbonyl (C=O) groups is 1. The number of amides is 1. The summed E-state index contributed by atoms with van der Waals surface area (Å²) in [6.45, 7) is 1.72. The van der Waals surface area contributed by atoms with Crippen molar-refractivity contribution in [1.82, 2.24) is 9.78 Å². The Labute approximate surface area is 196 Å². The third kappa shape index (κ3) is 4.22. The van der Waals surface area contributed by atoms with E-state index in [0.29, 0.717) is 26.7 Å². The Kier molecular flexibility index (Phi) is 5.86. The maximum atomic E-state index is 13.8. The van der Waals surface area contributed by atoms with Crippen molar-refractivity contribution in [3.63, 3.8) is 0 Å². The molecule has 1 aromatic carbocycles. The third-order valence-corrected chi connectivity index (χ3v) is 6.55. The van der Waals surface area contributed by atoms with Gasteiger partial charge in [0, 0.05) is 17.1 Å². The fraction of sp³-hybridized carbons (Fsp3) is 0.263. The van der Waals surface area contributed by atoms with E-state index in [2.05, 4.69) is 47.6 Å². The zero-order chi connectivity index (χ0) is 22.5. The smallest absolute Gasteiger partial charge is 0.410 e. The Morgan fingerprint density at radius 3 is 2.71 bits per heavy atom. The number of hydrogen-bond donors (Lipinski definition) is 2. The summed E-state index contributed by atoms with van der Waals surface area (Å²) in [5, 5.41) is 10.1. The van der Waals surface area contributed by atoms with E-state index in [9.17, 15) is 18.0 Å². The Hall–Kier alpha value is -1.98. The Balaban J connectivity index is 1.71. The molecule has 0 radical (unpaired) electrons. The first kappa shape index (κ1) is 22.2. The molecule has 0 bridgehead atoms. The molecule has 12 heteroatoms. The van der Waals surface area contributed by atoms with Gasteiger partial charge >= 0.3 is 6.18 Å². The second-order valence-corrected chi connectivity index (χ2v) is 8.94. The molecule has 6 nitrogen and oxygen atoms in total. The molecule has 4 rings (SSSR count). The number of alkyl halides is 3. The molecular formula is C19H14Br2ClF3N4O2. The summed E-state index contributed by atoms with van der Waals surface area (Å²) in [5.74, 6) is -0.292. The van der Waals surface area contributed by atoms with Crippen LogP contribution >= 0.6 is 43.5 Å². The zero-order valence-corrected chi connectivity index (χ0v) is 19.7. The van der Waals surface area contributed by atoms with E-state index in [0.717, 1.165) is 4.68 Å². The van der Waals surface area contributed by atoms with Crippen LogP contribution in [0.2, 0.25) is 5.02 Å². The van der Waals surface area contributed by atoms with Gasteiger partial charge in [0.2, 0.25) is 0 Å². The van der Waals surface area contributed by atoms with Crippen molar-refractivity contribution in [2.24, 2.45) is 0 Å². The van der Waals surface area contributed by atoms with Gasteiger partial charge < -0.3 is 15.1 Å². The summed E-state index contributed by atoms with van der Waals surface area (Å²) in [7, 11) is 0. The molecule has 1 aliphatic heterocycles. The predicted molar refractivity (Wildman–Crippen MR) is 117 cm³/mol. The lowest BCUT2D eigenvalue weighted by Gasteiger charge is -2.32. The van der Waals surface area contributed by atoms with Crippen molar-refractivity contribution >= 4 is 60.9 Å². The average molecular weight is 583 g/mol. The van der Waals surface area contributed by atoms with E-state index < -0.39 is 24.2 Å². The number of rotatable bonds is 3. The molecule has 31 heavy (non-hydrogen) atoms. The maximum Gasteiger partial charge on any atom is 0.410 e. The van der Waals surface area contributed by atoms with Crippen LogP contribution in [0.3, 0.4) is 0 Å². The van der Waals surface area contributed by atoms with Gasteiger partial charge in [-0.15, -0.1) is 0 Å². The molecule has 0 saturated carbocycles. The molecule has 2 N–H and O–H groups in total. The number of hydrogen-bond acceptors (Lipinski definition) is 4. The normalized spacial score (nSPS) is 18.4. The second kappa shape index (κ2) is 8.18. The number of halogens is 6. The molecule has 164 valence electrons. The molecule has 3 heterocycles. The second-order valence-electron chi connectivity index (χ2n) is 6.95. The van der Waals surface area contributed by atoms with Crippen LogP contribution in [-0.2, 0) is 0 Å². The molecule has 0 aliphatic carbocycles. The van der Waals surface area contributed by atoms with Gasteiger partial charge in [-0.1, -0.05) is 17.7 Å². The highest BCUT2D eigenvalue weighted by atomic mass is 79.9. The lowest BCUT2D eigenvalue weighted by atomic mass is 10.0. The van der Waals surface area contributed by atoms with Gasteiger partial charge in [0.15, 0.2) is 16.4 Å². The fourth-order valence-electron chi connectivity index (χ4n) is 3.36. The predicted octanol–water partition coefficient (Wildman–Crippen LogP) is 6.88. The van der Waals surface area contributed by atoms with Crippen molar-refractivity contribution in [3.05, 3.63) is 61.5 Å². The largest absolute Gasteiger partial charge is 0.452 e. The number of nitrogens with one attached hydrogen (secondary N) is 2. The van der Waals surface area contributed by atoms with Crippen LogP contribution in [0.5, 0.6) is 0 Å². The third-order valence-electron chi connectivity index (χ3n) is 4.96. The number of fused-ring (bicyclic) bond motifs is 1. The van der Waals surface area contributed by atoms with Crippen LogP contribution in [-0.4, -0.2) is 21.9 Å². The van der Waals surface area contributed by atoms with Gasteiger partial charge in [-0.25, -0.2) is 4.68 Å². The number of furan rings is 1. The first-order chi connectivity index (χ1) is 14.6. The quantitative estimate of drug-likeness (QED) is 0.354. The highest BCUT2D eigenvalue weighted by Crippen LogP contribution is 2.46. The Morgan fingerprint density at radius 1 is 1.32 bits per heavy atom. The molecule has 1 aliphatic rings. The lowest BCUT2D eigenvalue weighted by molar-refractivity contribution is -0.174. The summed E-state index contributed by atoms with van der Waals surface area (Å²) in [5.41, 5.74) is 0.888. The minimum Gasteiger partial charge on any atom is -0.452 e. The van der Waals surface area contributed by atoms with E-state index in [1.807, 2.05) is 0 Å². The Morgan fingerprint density at radius 2 is 2.06 bits per heavy atom. The van der Waals surface area contributed by atoms with Crippen molar-refractivity contribution in [2.75, 3.05) is 10.6 Å². The zero-order valence-electron chi connectivity index (χ0n) is 15.7. The molecule has 0 saturated heterocycles. The van der Waals surface area contributed by atoms with E-state index in [1.54, 1.807) is 37.3 Å². The minimum atomic E-state index is -4.58. The molecular weight excluding hydrogens is 568 g/mol. The first-order valence-corrected chi connectivity index (χ1v) is 11.0. The van der Waals surface area contributed by atoms with E-state index in [-0.39, 0.29) is 22.4 Å². The lowest BCUT2D eigenvalue weighted by Crippen LogP contribution is -2.35. The summed E-state index contributed by atoms with van der Waals surface area (Å²) in [4.78, 5) is 12.8. The number of nitrogens with zero attached hydrogens (tertiary/aromatic N) is 2. The molecule has 0 fully saturated rings. The average Bonchev–Trinajstić information content (AvgIpc) is 3.27. The molecule has 0 unspecified atom stereocenters. The van der Waals surface area contributed by atoms with Crippen LogP contribution in [0.4, 0.5) is 24.7 Å². The van der Waals surface area contributed by atoms with E-state index >= 15 is 0 Å². The number of benzene rings is 1. The molecule has 3 aromatic rings. The highest BCUT2D eigenvalue weighted by Gasteiger charge is 2.48. The highest BCUT2D eigenvalue weighted by molar-refractivity contribution is 9.10. The standard InChI is InChI=1S/C19H14Br2ClF3N4O2/c1-8-9(22)3-2-4-10(8)27-18(30)16-15(21)17-26-11(12-5-6-14(20)31-12)7-13(19(23,24)25)29(17)28-16/h2-6,11,13,26H,7H2,1H3,(H,27,30)/t11-,13-/m1/s1. The SMILES string of the molecule is Cc1c(Cl)cccc1NC(=O)c1nn2c(c1Br)N[C@@H](c1ccc(Br)o1)C[C@@H]2C(F)(F)F. The summed E-state index contributed by atoms with van der Waals surface area (Å²) in [6, 6.07) is 5.46. The molecule has 2 atom stereocenters. The van der Waals surface area contributed by atoms with Crippen LogP contribution in [0.1, 0.15) is 40.3 Å². The van der Waals surface area contributed by atoms with Gasteiger partial charge in [-0.2, -0.15) is 18.3 Å². The number of carbonyl (C=O) groups excluding carboxylic acids is 1. The van der Waals surface area contributed by atoms with Gasteiger partial charge in [0.25, 0.3) is 5.91 Å². The summed E-state index contributed by atoms with van der Waals surface area (Å²) >= 11 is 12.5. The van der Waals surface area contributed by atoms with Crippen molar-refractivity contribution < 1.29 is 22.4 Å². The summed E-state index contributed by atoms with van der Waals surface area (Å²) in [6.07, 6.45) is -4.93. The van der Waals surface area contributed by atoms with Gasteiger partial charge in [0.1, 0.15) is 11.6 Å². The van der Waals surface area contributed by atoms with Gasteiger partial charge in [0.05, 0.1) is 10.5 Å². The van der Waals surface area contributed by atoms with Gasteiger partial charge in [-0.05, 0) is 68.6 Å². The summed E-state index contributed by atoms with van der Waals surface area (Å²) < 4.78 is 48.3. The topological polar surface area (TPSA) is 72.1 Å². The van der Waals surface area contributed by atoms with Crippen molar-refractivity contribution in [2.45, 2.75) is 31.6 Å². The molecule has 0 spiro atoms. The molecule has 1 amide bonds. The van der Waals surface area contributed by atoms with Crippen molar-refractivity contribution in [1.29, 1.82) is 0 Å². The number of aromatic nitrogens is 2. The van der Waals surface area contributed by atoms with E-state index in [1.165, 1.54) is 0 Å². The van der Waals surface area contributed by atoms with E-state index in [4.69, 9.17) is 16.0 Å². The van der Waals surface area contributed by atoms with Crippen LogP contribution in [0.25, 0.3) is 0 Å². The fourth-order valence-corrected chi connectivity index (χ4v) is 4.41. The molecule has 2 aromatic heterocycles. The first-order valence-electron chi connectivity index (χ1n) is 8.99. The maximum absolute atomic E-state index is 13.8. The monoisotopic (exact) mass is 580 g/mol. The Bertz CT molecular complexity index is 1160. The van der Waals surface area contributed by atoms with Crippen molar-refractivity contribution in [3.8, 4) is 0 Å². The van der Waals surface area contributed by atoms with Gasteiger partial charge in [-0.3, -0.25) is 4.79 Å². The van der Waals surface area contributed by atoms with Crippen LogP contribution in [0.15, 0.2) is 43.9 Å². The van der Waals surface area contributed by atoms with Crippen LogP contribution < -0.4 is 10.6 Å². The number of anilines is 2. The van der Waals surface area contributed by atoms with Crippen LogP contribution in [0, 0.1) is 6.92 Å². The minimum absolute atomic E-state index is 0.0408.